The van der Waals surface area contributed by atoms with Crippen molar-refractivity contribution in [3.63, 3.8) is 0 Å². The molecule has 230 valence electrons. The Bertz CT molecular complexity index is 1750. The van der Waals surface area contributed by atoms with E-state index in [0.717, 1.165) is 37.8 Å². The van der Waals surface area contributed by atoms with Gasteiger partial charge in [0.1, 0.15) is 5.60 Å². The molecule has 4 aliphatic rings. The normalized spacial score (nSPS) is 29.1. The first kappa shape index (κ1) is 30.0. The Hall–Kier alpha value is -3.64. The van der Waals surface area contributed by atoms with Crippen LogP contribution in [0.2, 0.25) is 0 Å². The molecule has 4 aliphatic carbocycles. The predicted molar refractivity (Wildman–Crippen MR) is 184 cm³/mol. The van der Waals surface area contributed by atoms with E-state index < -0.39 is 18.2 Å². The fraction of sp³-hybridized carbons (Fsp3) is 0.375. The lowest BCUT2D eigenvalue weighted by Crippen LogP contribution is -2.51. The number of ketones is 1. The van der Waals surface area contributed by atoms with E-state index in [1.807, 2.05) is 66.7 Å². The van der Waals surface area contributed by atoms with Gasteiger partial charge >= 0.3 is 0 Å². The largest absolute Gasteiger partial charge is 0.378 e. The van der Waals surface area contributed by atoms with E-state index in [-0.39, 0.29) is 17.6 Å². The lowest BCUT2D eigenvalue weighted by molar-refractivity contribution is -0.114. The van der Waals surface area contributed by atoms with Crippen molar-refractivity contribution >= 4 is 29.2 Å². The van der Waals surface area contributed by atoms with Crippen molar-refractivity contribution in [2.75, 3.05) is 19.0 Å². The molecule has 1 unspecified atom stereocenters. The number of nitrogens with zero attached hydrogens (tertiary/aromatic N) is 1. The second-order valence-corrected chi connectivity index (χ2v) is 16.4. The highest BCUT2D eigenvalue weighted by molar-refractivity contribution is 7.83. The molecular formula is C40H42NO3P. The standard InChI is InChI=1S/C40H42NO3P/c1-39-27-36(28-14-17-30(18-15-28)41(2)3)38-34-21-19-31(42)26-29(34)16-20-35(38)37(39)22-23-40(39,43)24-25-45(44,32-10-6-4-7-11-32)33-12-8-5-9-13-33/h4-15,17-18,26,35-37,43H,16,19-23,27H2,1-3H3/t35?,36-,37+,39+,40-/m1/s1. The summed E-state index contributed by atoms with van der Waals surface area (Å²) in [5.74, 6) is 4.32. The highest BCUT2D eigenvalue weighted by Crippen LogP contribution is 2.66. The summed E-state index contributed by atoms with van der Waals surface area (Å²) in [6, 6.07) is 27.9. The predicted octanol–water partition coefficient (Wildman–Crippen LogP) is 7.36. The Morgan fingerprint density at radius 3 is 2.13 bits per heavy atom. The fourth-order valence-corrected chi connectivity index (χ4v) is 11.0. The highest BCUT2D eigenvalue weighted by atomic mass is 31.2. The Kier molecular flexibility index (Phi) is 7.55. The number of anilines is 1. The summed E-state index contributed by atoms with van der Waals surface area (Å²) in [4.78, 5) is 14.5. The number of fused-ring (bicyclic) bond motifs is 4. The summed E-state index contributed by atoms with van der Waals surface area (Å²) < 4.78 is 14.8. The number of carbonyl (C=O) groups is 1. The average Bonchev–Trinajstić information content (AvgIpc) is 3.33. The zero-order valence-corrected chi connectivity index (χ0v) is 27.4. The van der Waals surface area contributed by atoms with Crippen molar-refractivity contribution in [3.8, 4) is 11.6 Å². The zero-order valence-electron chi connectivity index (χ0n) is 26.5. The number of hydrogen-bond acceptors (Lipinski definition) is 4. The van der Waals surface area contributed by atoms with Crippen LogP contribution in [0.1, 0.15) is 63.4 Å². The molecule has 1 N–H and O–H groups in total. The van der Waals surface area contributed by atoms with Crippen molar-refractivity contribution in [1.82, 2.24) is 0 Å². The summed E-state index contributed by atoms with van der Waals surface area (Å²) in [6.07, 6.45) is 7.41. The van der Waals surface area contributed by atoms with Gasteiger partial charge in [-0.3, -0.25) is 9.36 Å². The molecule has 0 saturated heterocycles. The van der Waals surface area contributed by atoms with Gasteiger partial charge in [-0.05, 0) is 90.9 Å². The van der Waals surface area contributed by atoms with Crippen molar-refractivity contribution in [1.29, 1.82) is 0 Å². The number of benzene rings is 3. The van der Waals surface area contributed by atoms with E-state index in [1.165, 1.54) is 22.3 Å². The molecule has 4 nitrogen and oxygen atoms in total. The van der Waals surface area contributed by atoms with Gasteiger partial charge in [0.2, 0.25) is 7.14 Å². The number of rotatable bonds is 4. The molecule has 0 spiro atoms. The van der Waals surface area contributed by atoms with Crippen LogP contribution in [0, 0.1) is 28.8 Å². The Balaban J connectivity index is 1.35. The van der Waals surface area contributed by atoms with E-state index in [4.69, 9.17) is 0 Å². The van der Waals surface area contributed by atoms with Crippen LogP contribution in [-0.4, -0.2) is 30.6 Å². The molecule has 3 aromatic carbocycles. The van der Waals surface area contributed by atoms with E-state index >= 15 is 0 Å². The molecule has 0 bridgehead atoms. The third-order valence-electron chi connectivity index (χ3n) is 11.4. The Morgan fingerprint density at radius 2 is 1.51 bits per heavy atom. The maximum Gasteiger partial charge on any atom is 0.210 e. The van der Waals surface area contributed by atoms with Gasteiger partial charge in [-0.15, -0.1) is 0 Å². The third-order valence-corrected chi connectivity index (χ3v) is 13.8. The molecule has 0 aliphatic heterocycles. The average molecular weight is 616 g/mol. The lowest BCUT2D eigenvalue weighted by Gasteiger charge is -2.53. The van der Waals surface area contributed by atoms with Crippen LogP contribution in [0.15, 0.2) is 108 Å². The molecule has 0 heterocycles. The molecule has 0 aromatic heterocycles. The first-order chi connectivity index (χ1) is 21.6. The highest BCUT2D eigenvalue weighted by Gasteiger charge is 2.62. The Morgan fingerprint density at radius 1 is 0.867 bits per heavy atom. The maximum absolute atomic E-state index is 14.8. The van der Waals surface area contributed by atoms with Crippen LogP contribution < -0.4 is 15.5 Å². The van der Waals surface area contributed by atoms with Gasteiger partial charge < -0.3 is 10.0 Å². The molecule has 7 rings (SSSR count). The van der Waals surface area contributed by atoms with Gasteiger partial charge in [-0.1, -0.05) is 91.2 Å². The molecule has 3 aromatic rings. The zero-order chi connectivity index (χ0) is 31.4. The van der Waals surface area contributed by atoms with Gasteiger partial charge in [0.15, 0.2) is 5.78 Å². The molecular weight excluding hydrogens is 573 g/mol. The second-order valence-electron chi connectivity index (χ2n) is 13.9. The number of aliphatic hydroxyl groups is 1. The summed E-state index contributed by atoms with van der Waals surface area (Å²) in [5, 5.41) is 14.1. The van der Waals surface area contributed by atoms with Crippen LogP contribution >= 0.6 is 7.14 Å². The van der Waals surface area contributed by atoms with Crippen LogP contribution in [0.4, 0.5) is 5.69 Å². The van der Waals surface area contributed by atoms with E-state index in [2.05, 4.69) is 61.8 Å². The van der Waals surface area contributed by atoms with Crippen LogP contribution in [-0.2, 0) is 9.36 Å². The van der Waals surface area contributed by atoms with Crippen LogP contribution in [0.25, 0.3) is 0 Å². The topological polar surface area (TPSA) is 57.6 Å². The SMILES string of the molecule is CN(C)c1ccc([C@H]2C[C@@]3(C)[C@@H](CC[C@@]3(O)C#CP(=O)(c3ccccc3)c3ccccc3)C3CCC4=CC(=O)CCC4=C32)cc1. The first-order valence-electron chi connectivity index (χ1n) is 16.3. The van der Waals surface area contributed by atoms with Crippen LogP contribution in [0.5, 0.6) is 0 Å². The molecule has 0 radical (unpaired) electrons. The van der Waals surface area contributed by atoms with Gasteiger partial charge in [0, 0.05) is 48.1 Å². The number of hydrogen-bond donors (Lipinski definition) is 1. The van der Waals surface area contributed by atoms with Gasteiger partial charge in [0.05, 0.1) is 0 Å². The molecule has 5 heteroatoms. The maximum atomic E-state index is 14.8. The Labute approximate surface area is 267 Å². The van der Waals surface area contributed by atoms with Gasteiger partial charge in [-0.25, -0.2) is 0 Å². The monoisotopic (exact) mass is 615 g/mol. The first-order valence-corrected chi connectivity index (χ1v) is 18.1. The molecule has 5 atom stereocenters. The fourth-order valence-electron chi connectivity index (χ4n) is 8.90. The van der Waals surface area contributed by atoms with Crippen molar-refractivity contribution in [2.45, 2.75) is 63.4 Å². The smallest absolute Gasteiger partial charge is 0.210 e. The van der Waals surface area contributed by atoms with E-state index in [9.17, 15) is 14.5 Å². The lowest BCUT2D eigenvalue weighted by atomic mass is 9.51. The minimum absolute atomic E-state index is 0.126. The summed E-state index contributed by atoms with van der Waals surface area (Å²) >= 11 is 0. The number of allylic oxidation sites excluding steroid dienone is 4. The van der Waals surface area contributed by atoms with Gasteiger partial charge in [-0.2, -0.15) is 0 Å². The quantitative estimate of drug-likeness (QED) is 0.246. The minimum Gasteiger partial charge on any atom is -0.378 e. The molecule has 0 amide bonds. The third kappa shape index (κ3) is 4.97. The van der Waals surface area contributed by atoms with E-state index in [1.54, 1.807) is 0 Å². The van der Waals surface area contributed by atoms with Gasteiger partial charge in [0.25, 0.3) is 0 Å². The summed E-state index contributed by atoms with van der Waals surface area (Å²) in [6.45, 7) is 2.24. The molecule has 2 saturated carbocycles. The second kappa shape index (κ2) is 11.3. The van der Waals surface area contributed by atoms with Crippen molar-refractivity contribution in [2.24, 2.45) is 17.3 Å². The minimum atomic E-state index is -3.31. The van der Waals surface area contributed by atoms with E-state index in [0.29, 0.717) is 29.4 Å². The summed E-state index contributed by atoms with van der Waals surface area (Å²) in [5.41, 5.74) is 8.04. The van der Waals surface area contributed by atoms with Crippen LogP contribution in [0.3, 0.4) is 0 Å². The summed E-state index contributed by atoms with van der Waals surface area (Å²) in [7, 11) is 0.798. The van der Waals surface area contributed by atoms with Crippen molar-refractivity contribution < 1.29 is 14.5 Å². The molecule has 2 fully saturated rings. The van der Waals surface area contributed by atoms with Crippen molar-refractivity contribution in [3.05, 3.63) is 113 Å². The molecule has 45 heavy (non-hydrogen) atoms. The number of carbonyl (C=O) groups excluding carboxylic acids is 1.